The van der Waals surface area contributed by atoms with Crippen LogP contribution in [-0.2, 0) is 0 Å². The quantitative estimate of drug-likeness (QED) is 0.637. The standard InChI is InChI=1S/C12H7Cl3OS2/c13-6-1-3-8(10(17)5-6)16-9-4-2-7(14)11(15)12(9)18/h1-5,17-18H. The van der Waals surface area contributed by atoms with Gasteiger partial charge in [-0.2, -0.15) is 0 Å². The second-order valence-corrected chi connectivity index (χ2v) is 5.57. The van der Waals surface area contributed by atoms with Gasteiger partial charge in [-0.15, -0.1) is 25.3 Å². The molecule has 1 nitrogen and oxygen atoms in total. The molecule has 6 heteroatoms. The third-order valence-corrected chi connectivity index (χ3v) is 4.14. The predicted octanol–water partition coefficient (Wildman–Crippen LogP) is 6.02. The molecule has 0 aromatic heterocycles. The number of hydrogen-bond donors (Lipinski definition) is 2. The summed E-state index contributed by atoms with van der Waals surface area (Å²) in [5.41, 5.74) is 0. The molecule has 0 aliphatic carbocycles. The van der Waals surface area contributed by atoms with Gasteiger partial charge in [0, 0.05) is 9.92 Å². The van der Waals surface area contributed by atoms with E-state index in [1.807, 2.05) is 0 Å². The molecule has 0 spiro atoms. The third-order valence-electron chi connectivity index (χ3n) is 2.17. The van der Waals surface area contributed by atoms with E-state index in [0.29, 0.717) is 36.4 Å². The fourth-order valence-electron chi connectivity index (χ4n) is 1.30. The summed E-state index contributed by atoms with van der Waals surface area (Å²) in [7, 11) is 0. The van der Waals surface area contributed by atoms with Crippen molar-refractivity contribution in [2.75, 3.05) is 0 Å². The normalized spacial score (nSPS) is 10.5. The maximum atomic E-state index is 5.99. The summed E-state index contributed by atoms with van der Waals surface area (Å²) in [5, 5.41) is 1.37. The van der Waals surface area contributed by atoms with E-state index in [-0.39, 0.29) is 0 Å². The Balaban J connectivity index is 2.37. The minimum Gasteiger partial charge on any atom is -0.455 e. The fourth-order valence-corrected chi connectivity index (χ4v) is 2.43. The number of halogens is 3. The minimum absolute atomic E-state index is 0.354. The molecule has 0 amide bonds. The monoisotopic (exact) mass is 336 g/mol. The lowest BCUT2D eigenvalue weighted by atomic mass is 10.3. The molecule has 2 rings (SSSR count). The first-order chi connectivity index (χ1) is 8.49. The maximum Gasteiger partial charge on any atom is 0.142 e. The highest BCUT2D eigenvalue weighted by atomic mass is 35.5. The van der Waals surface area contributed by atoms with Gasteiger partial charge in [-0.25, -0.2) is 0 Å². The van der Waals surface area contributed by atoms with E-state index in [9.17, 15) is 0 Å². The van der Waals surface area contributed by atoms with Crippen LogP contribution in [0.1, 0.15) is 0 Å². The molecule has 94 valence electrons. The summed E-state index contributed by atoms with van der Waals surface area (Å²) >= 11 is 26.3. The number of hydrogen-bond acceptors (Lipinski definition) is 3. The Labute approximate surface area is 131 Å². The van der Waals surface area contributed by atoms with Gasteiger partial charge in [0.2, 0.25) is 0 Å². The highest BCUT2D eigenvalue weighted by Gasteiger charge is 2.11. The average molecular weight is 338 g/mol. The molecule has 0 radical (unpaired) electrons. The van der Waals surface area contributed by atoms with Crippen molar-refractivity contribution in [2.45, 2.75) is 9.79 Å². The van der Waals surface area contributed by atoms with Gasteiger partial charge < -0.3 is 4.74 Å². The Morgan fingerprint density at radius 3 is 2.22 bits per heavy atom. The van der Waals surface area contributed by atoms with Gasteiger partial charge in [0.1, 0.15) is 11.5 Å². The van der Waals surface area contributed by atoms with Crippen molar-refractivity contribution in [3.8, 4) is 11.5 Å². The first-order valence-corrected chi connectivity index (χ1v) is 6.85. The molecule has 0 unspecified atom stereocenters. The molecule has 0 heterocycles. The van der Waals surface area contributed by atoms with Crippen molar-refractivity contribution >= 4 is 60.1 Å². The Kier molecular flexibility index (Phi) is 4.62. The van der Waals surface area contributed by atoms with E-state index < -0.39 is 0 Å². The minimum atomic E-state index is 0.354. The predicted molar refractivity (Wildman–Crippen MR) is 82.5 cm³/mol. The van der Waals surface area contributed by atoms with E-state index in [0.717, 1.165) is 0 Å². The van der Waals surface area contributed by atoms with Gasteiger partial charge >= 0.3 is 0 Å². The molecule has 0 aliphatic rings. The van der Waals surface area contributed by atoms with Crippen molar-refractivity contribution in [1.82, 2.24) is 0 Å². The highest BCUT2D eigenvalue weighted by Crippen LogP contribution is 2.39. The zero-order valence-corrected chi connectivity index (χ0v) is 12.9. The summed E-state index contributed by atoms with van der Waals surface area (Å²) in [6.45, 7) is 0. The van der Waals surface area contributed by atoms with Crippen LogP contribution in [0.5, 0.6) is 11.5 Å². The molecule has 18 heavy (non-hydrogen) atoms. The van der Waals surface area contributed by atoms with Crippen LogP contribution in [-0.4, -0.2) is 0 Å². The molecule has 0 N–H and O–H groups in total. The zero-order chi connectivity index (χ0) is 13.3. The van der Waals surface area contributed by atoms with Gasteiger partial charge in [-0.1, -0.05) is 34.8 Å². The summed E-state index contributed by atoms with van der Waals surface area (Å²) in [6, 6.07) is 8.47. The average Bonchev–Trinajstić information content (AvgIpc) is 2.33. The second kappa shape index (κ2) is 5.85. The lowest BCUT2D eigenvalue weighted by molar-refractivity contribution is 0.460. The second-order valence-electron chi connectivity index (χ2n) is 3.42. The summed E-state index contributed by atoms with van der Waals surface area (Å²) in [6.07, 6.45) is 0. The van der Waals surface area contributed by atoms with Crippen LogP contribution in [0.2, 0.25) is 15.1 Å². The summed E-state index contributed by atoms with van der Waals surface area (Å²) < 4.78 is 5.68. The van der Waals surface area contributed by atoms with Crippen LogP contribution < -0.4 is 4.74 Å². The third kappa shape index (κ3) is 3.03. The van der Waals surface area contributed by atoms with Gasteiger partial charge in [0.05, 0.1) is 14.9 Å². The molecule has 0 saturated heterocycles. The van der Waals surface area contributed by atoms with Crippen LogP contribution in [0, 0.1) is 0 Å². The van der Waals surface area contributed by atoms with E-state index in [4.69, 9.17) is 39.5 Å². The molecular formula is C12H7Cl3OS2. The van der Waals surface area contributed by atoms with E-state index in [1.54, 1.807) is 30.3 Å². The molecule has 2 aromatic rings. The SMILES string of the molecule is Sc1cc(Cl)ccc1Oc1ccc(Cl)c(Cl)c1S. The van der Waals surface area contributed by atoms with Crippen LogP contribution in [0.15, 0.2) is 40.1 Å². The van der Waals surface area contributed by atoms with E-state index >= 15 is 0 Å². The summed E-state index contributed by atoms with van der Waals surface area (Å²) in [4.78, 5) is 1.10. The van der Waals surface area contributed by atoms with E-state index in [2.05, 4.69) is 25.3 Å². The van der Waals surface area contributed by atoms with Gasteiger partial charge in [0.15, 0.2) is 0 Å². The summed E-state index contributed by atoms with van der Waals surface area (Å²) in [5.74, 6) is 1.07. The number of benzene rings is 2. The topological polar surface area (TPSA) is 9.23 Å². The van der Waals surface area contributed by atoms with Crippen LogP contribution >= 0.6 is 60.1 Å². The first kappa shape index (κ1) is 14.2. The molecule has 0 fully saturated rings. The Morgan fingerprint density at radius 2 is 1.56 bits per heavy atom. The molecule has 0 atom stereocenters. The van der Waals surface area contributed by atoms with Crippen molar-refractivity contribution in [3.05, 3.63) is 45.4 Å². The van der Waals surface area contributed by atoms with Crippen LogP contribution in [0.25, 0.3) is 0 Å². The number of thiol groups is 2. The highest BCUT2D eigenvalue weighted by molar-refractivity contribution is 7.80. The van der Waals surface area contributed by atoms with Crippen LogP contribution in [0.4, 0.5) is 0 Å². The molecule has 0 aliphatic heterocycles. The molecule has 0 bridgehead atoms. The first-order valence-electron chi connectivity index (χ1n) is 4.82. The molecule has 2 aromatic carbocycles. The Morgan fingerprint density at radius 1 is 0.889 bits per heavy atom. The van der Waals surface area contributed by atoms with Gasteiger partial charge in [0.25, 0.3) is 0 Å². The Bertz CT molecular complexity index is 602. The van der Waals surface area contributed by atoms with Crippen molar-refractivity contribution in [3.63, 3.8) is 0 Å². The van der Waals surface area contributed by atoms with E-state index in [1.165, 1.54) is 0 Å². The maximum absolute atomic E-state index is 5.99. The lowest BCUT2D eigenvalue weighted by Crippen LogP contribution is -1.88. The Hall–Kier alpha value is -0.190. The number of ether oxygens (including phenoxy) is 1. The smallest absolute Gasteiger partial charge is 0.142 e. The molecule has 0 saturated carbocycles. The van der Waals surface area contributed by atoms with Crippen molar-refractivity contribution in [2.24, 2.45) is 0 Å². The van der Waals surface area contributed by atoms with Crippen LogP contribution in [0.3, 0.4) is 0 Å². The van der Waals surface area contributed by atoms with Crippen molar-refractivity contribution < 1.29 is 4.74 Å². The van der Waals surface area contributed by atoms with Gasteiger partial charge in [-0.05, 0) is 30.3 Å². The lowest BCUT2D eigenvalue weighted by Gasteiger charge is -2.11. The largest absolute Gasteiger partial charge is 0.455 e. The molecular weight excluding hydrogens is 331 g/mol. The zero-order valence-electron chi connectivity index (χ0n) is 8.82. The fraction of sp³-hybridized carbons (Fsp3) is 0. The number of rotatable bonds is 2. The van der Waals surface area contributed by atoms with Gasteiger partial charge in [-0.3, -0.25) is 0 Å². The van der Waals surface area contributed by atoms with Crippen molar-refractivity contribution in [1.29, 1.82) is 0 Å².